The largest absolute Gasteiger partial charge is 0.369 e. The highest BCUT2D eigenvalue weighted by molar-refractivity contribution is 6.33. The van der Waals surface area contributed by atoms with Crippen LogP contribution in [0, 0.1) is 17.0 Å². The lowest BCUT2D eigenvalue weighted by Crippen LogP contribution is -2.38. The van der Waals surface area contributed by atoms with Crippen molar-refractivity contribution < 1.29 is 22.7 Å². The summed E-state index contributed by atoms with van der Waals surface area (Å²) in [6, 6.07) is 1.39. The van der Waals surface area contributed by atoms with Crippen LogP contribution in [0.2, 0.25) is 5.02 Å². The number of aromatic nitrogens is 4. The van der Waals surface area contributed by atoms with Gasteiger partial charge in [0.15, 0.2) is 11.5 Å². The van der Waals surface area contributed by atoms with Gasteiger partial charge in [-0.15, -0.1) is 0 Å². The third-order valence-corrected chi connectivity index (χ3v) is 7.56. The first-order chi connectivity index (χ1) is 17.6. The number of amides is 1. The highest BCUT2D eigenvalue weighted by atomic mass is 35.5. The van der Waals surface area contributed by atoms with E-state index in [4.69, 9.17) is 22.1 Å². The number of hydrogen-bond donors (Lipinski definition) is 3. The molecule has 1 saturated carbocycles. The molecular weight excluding hydrogens is 511 g/mol. The first-order valence-corrected chi connectivity index (χ1v) is 12.5. The summed E-state index contributed by atoms with van der Waals surface area (Å²) in [5.41, 5.74) is 5.78. The minimum atomic E-state index is -1.35. The first kappa shape index (κ1) is 25.5. The van der Waals surface area contributed by atoms with Crippen LogP contribution in [-0.4, -0.2) is 44.4 Å². The van der Waals surface area contributed by atoms with Gasteiger partial charge in [-0.3, -0.25) is 9.36 Å². The highest BCUT2D eigenvalue weighted by Gasteiger charge is 2.38. The van der Waals surface area contributed by atoms with Gasteiger partial charge in [0, 0.05) is 30.0 Å². The standard InChI is InChI=1S/C24H27ClF3N7O2/c1-24(21(29)36)5-2-14(3-6-24)35-20-17(11-30-22(34-20)31-13-4-7-37-18(28)10-13)32-23(35)33-19-15(25)8-12(26)9-16(19)27/h8-9,11,13-14,18H,2-7,10H2,1H3,(H2,29,36)(H,32,33)(H,30,31,34)/t13-,14?,18+,24?/m0/s1. The molecule has 1 saturated heterocycles. The molecular formula is C24H27ClF3N7O2. The van der Waals surface area contributed by atoms with Crippen LogP contribution >= 0.6 is 11.6 Å². The molecule has 9 nitrogen and oxygen atoms in total. The van der Waals surface area contributed by atoms with Gasteiger partial charge in [0.05, 0.1) is 23.5 Å². The monoisotopic (exact) mass is 537 g/mol. The Labute approximate surface area is 215 Å². The Kier molecular flexibility index (Phi) is 6.88. The number of imidazole rings is 1. The second-order valence-corrected chi connectivity index (χ2v) is 10.3. The number of primary amides is 1. The van der Waals surface area contributed by atoms with Gasteiger partial charge in [-0.2, -0.15) is 4.98 Å². The van der Waals surface area contributed by atoms with Gasteiger partial charge in [0.25, 0.3) is 0 Å². The number of nitrogens with zero attached hydrogens (tertiary/aromatic N) is 4. The molecule has 2 aromatic heterocycles. The smallest absolute Gasteiger partial charge is 0.224 e. The number of anilines is 3. The van der Waals surface area contributed by atoms with Crippen LogP contribution in [-0.2, 0) is 9.53 Å². The molecule has 2 aliphatic rings. The number of ether oxygens (including phenoxy) is 1. The van der Waals surface area contributed by atoms with E-state index in [0.29, 0.717) is 49.2 Å². The number of fused-ring (bicyclic) bond motifs is 1. The average Bonchev–Trinajstić information content (AvgIpc) is 3.19. The maximum absolute atomic E-state index is 14.6. The lowest BCUT2D eigenvalue weighted by atomic mass is 9.73. The Hall–Kier alpha value is -3.12. The van der Waals surface area contributed by atoms with Crippen molar-refractivity contribution in [1.82, 2.24) is 19.5 Å². The van der Waals surface area contributed by atoms with Crippen LogP contribution < -0.4 is 16.4 Å². The molecule has 198 valence electrons. The SMILES string of the molecule is CC1(C(N)=O)CCC(n2c(Nc3c(F)cc(F)cc3Cl)nc3cnc(N[C@H]4CCO[C@@H](F)C4)nc32)CC1. The van der Waals surface area contributed by atoms with E-state index in [0.717, 1.165) is 12.1 Å². The Bertz CT molecular complexity index is 1310. The predicted octanol–water partition coefficient (Wildman–Crippen LogP) is 4.99. The molecule has 37 heavy (non-hydrogen) atoms. The van der Waals surface area contributed by atoms with E-state index in [9.17, 15) is 18.0 Å². The molecule has 0 radical (unpaired) electrons. The fraction of sp³-hybridized carbons (Fsp3) is 0.500. The van der Waals surface area contributed by atoms with E-state index in [1.807, 2.05) is 11.5 Å². The molecule has 5 rings (SSSR count). The Morgan fingerprint density at radius 2 is 2.00 bits per heavy atom. The molecule has 0 unspecified atom stereocenters. The number of benzene rings is 1. The summed E-state index contributed by atoms with van der Waals surface area (Å²) in [5.74, 6) is -1.48. The van der Waals surface area contributed by atoms with Crippen molar-refractivity contribution in [3.05, 3.63) is 35.0 Å². The van der Waals surface area contributed by atoms with Crippen LogP contribution in [0.1, 0.15) is 51.5 Å². The van der Waals surface area contributed by atoms with E-state index in [1.165, 1.54) is 6.20 Å². The number of rotatable bonds is 6. The van der Waals surface area contributed by atoms with E-state index >= 15 is 0 Å². The van der Waals surface area contributed by atoms with Crippen molar-refractivity contribution in [3.8, 4) is 0 Å². The van der Waals surface area contributed by atoms with E-state index in [-0.39, 0.29) is 47.7 Å². The van der Waals surface area contributed by atoms with Crippen molar-refractivity contribution >= 4 is 46.3 Å². The molecule has 3 aromatic rings. The highest BCUT2D eigenvalue weighted by Crippen LogP contribution is 2.43. The average molecular weight is 538 g/mol. The zero-order valence-electron chi connectivity index (χ0n) is 20.1. The van der Waals surface area contributed by atoms with Gasteiger partial charge in [-0.25, -0.2) is 23.1 Å². The van der Waals surface area contributed by atoms with Gasteiger partial charge in [-0.05, 0) is 38.2 Å². The van der Waals surface area contributed by atoms with Gasteiger partial charge in [-0.1, -0.05) is 18.5 Å². The van der Waals surface area contributed by atoms with Crippen LogP contribution in [0.15, 0.2) is 18.3 Å². The Morgan fingerprint density at radius 1 is 1.24 bits per heavy atom. The second-order valence-electron chi connectivity index (χ2n) is 9.88. The quantitative estimate of drug-likeness (QED) is 0.405. The number of halogens is 4. The van der Waals surface area contributed by atoms with E-state index in [2.05, 4.69) is 25.6 Å². The molecule has 0 bridgehead atoms. The maximum atomic E-state index is 14.6. The van der Waals surface area contributed by atoms with Gasteiger partial charge in [0.2, 0.25) is 24.2 Å². The summed E-state index contributed by atoms with van der Waals surface area (Å²) >= 11 is 6.13. The number of hydrogen-bond acceptors (Lipinski definition) is 7. The fourth-order valence-electron chi connectivity index (χ4n) is 4.97. The van der Waals surface area contributed by atoms with E-state index in [1.54, 1.807) is 0 Å². The topological polar surface area (TPSA) is 120 Å². The molecule has 1 aliphatic heterocycles. The zero-order chi connectivity index (χ0) is 26.3. The summed E-state index contributed by atoms with van der Waals surface area (Å²) in [7, 11) is 0. The number of carbonyl (C=O) groups excluding carboxylic acids is 1. The number of carbonyl (C=O) groups is 1. The summed E-state index contributed by atoms with van der Waals surface area (Å²) < 4.78 is 48.7. The van der Waals surface area contributed by atoms with Crippen molar-refractivity contribution in [2.45, 2.75) is 63.9 Å². The van der Waals surface area contributed by atoms with Gasteiger partial charge >= 0.3 is 0 Å². The van der Waals surface area contributed by atoms with Gasteiger partial charge < -0.3 is 21.1 Å². The lowest BCUT2D eigenvalue weighted by molar-refractivity contribution is -0.128. The number of nitrogens with two attached hydrogens (primary N) is 1. The van der Waals surface area contributed by atoms with Crippen molar-refractivity contribution in [3.63, 3.8) is 0 Å². The van der Waals surface area contributed by atoms with Crippen molar-refractivity contribution in [1.29, 1.82) is 0 Å². The molecule has 4 N–H and O–H groups in total. The summed E-state index contributed by atoms with van der Waals surface area (Å²) in [6.45, 7) is 2.14. The molecule has 3 heterocycles. The minimum Gasteiger partial charge on any atom is -0.369 e. The van der Waals surface area contributed by atoms with Crippen molar-refractivity contribution in [2.24, 2.45) is 11.1 Å². The van der Waals surface area contributed by atoms with Crippen LogP contribution in [0.25, 0.3) is 11.2 Å². The second kappa shape index (κ2) is 9.97. The summed E-state index contributed by atoms with van der Waals surface area (Å²) in [6.07, 6.45) is 3.23. The van der Waals surface area contributed by atoms with Crippen LogP contribution in [0.5, 0.6) is 0 Å². The molecule has 13 heteroatoms. The van der Waals surface area contributed by atoms with Crippen molar-refractivity contribution in [2.75, 3.05) is 17.2 Å². The molecule has 1 aromatic carbocycles. The third kappa shape index (κ3) is 5.17. The van der Waals surface area contributed by atoms with Crippen LogP contribution in [0.3, 0.4) is 0 Å². The number of alkyl halides is 1. The summed E-state index contributed by atoms with van der Waals surface area (Å²) in [5, 5.41) is 5.92. The third-order valence-electron chi connectivity index (χ3n) is 7.26. The fourth-order valence-corrected chi connectivity index (χ4v) is 5.22. The maximum Gasteiger partial charge on any atom is 0.224 e. The lowest BCUT2D eigenvalue weighted by Gasteiger charge is -2.35. The normalized spacial score (nSPS) is 26.2. The molecule has 0 spiro atoms. The molecule has 1 amide bonds. The Balaban J connectivity index is 1.52. The predicted molar refractivity (Wildman–Crippen MR) is 132 cm³/mol. The molecule has 2 atom stereocenters. The zero-order valence-corrected chi connectivity index (χ0v) is 20.9. The number of nitrogens with one attached hydrogen (secondary N) is 2. The van der Waals surface area contributed by atoms with E-state index < -0.39 is 23.4 Å². The molecule has 2 fully saturated rings. The minimum absolute atomic E-state index is 0.125. The van der Waals surface area contributed by atoms with Crippen LogP contribution in [0.4, 0.5) is 30.8 Å². The molecule has 1 aliphatic carbocycles. The van der Waals surface area contributed by atoms with Gasteiger partial charge in [0.1, 0.15) is 11.3 Å². The Morgan fingerprint density at radius 3 is 2.68 bits per heavy atom. The first-order valence-electron chi connectivity index (χ1n) is 12.1. The summed E-state index contributed by atoms with van der Waals surface area (Å²) in [4.78, 5) is 25.5.